The van der Waals surface area contributed by atoms with Crippen molar-refractivity contribution in [1.82, 2.24) is 5.32 Å². The number of hydrogen-bond acceptors (Lipinski definition) is 2. The Kier molecular flexibility index (Phi) is 6.97. The van der Waals surface area contributed by atoms with Crippen LogP contribution < -0.4 is 10.2 Å². The lowest BCUT2D eigenvalue weighted by atomic mass is 10.0. The van der Waals surface area contributed by atoms with E-state index in [0.29, 0.717) is 11.8 Å². The van der Waals surface area contributed by atoms with Gasteiger partial charge in [0.1, 0.15) is 6.54 Å². The third-order valence-corrected chi connectivity index (χ3v) is 6.65. The highest BCUT2D eigenvalue weighted by Crippen LogP contribution is 2.27. The smallest absolute Gasteiger partial charge is 0.230 e. The molecule has 0 unspecified atom stereocenters. The highest BCUT2D eigenvalue weighted by molar-refractivity contribution is 8.00. The van der Waals surface area contributed by atoms with Crippen molar-refractivity contribution in [3.8, 4) is 0 Å². The Hall–Kier alpha value is -1.78. The van der Waals surface area contributed by atoms with Gasteiger partial charge in [-0.05, 0) is 31.9 Å². The van der Waals surface area contributed by atoms with Crippen LogP contribution in [0, 0.1) is 20.8 Å². The molecule has 3 nitrogen and oxygen atoms in total. The van der Waals surface area contributed by atoms with Crippen molar-refractivity contribution >= 4 is 17.7 Å². The minimum absolute atomic E-state index is 0.163. The molecule has 1 amide bonds. The minimum Gasteiger partial charge on any atom is -0.352 e. The highest BCUT2D eigenvalue weighted by Gasteiger charge is 2.23. The van der Waals surface area contributed by atoms with E-state index in [1.54, 1.807) is 16.7 Å². The summed E-state index contributed by atoms with van der Waals surface area (Å²) in [5.74, 6) is 0.665. The number of amides is 1. The molecule has 1 aliphatic rings. The first-order valence-corrected chi connectivity index (χ1v) is 10.9. The fourth-order valence-corrected chi connectivity index (χ4v) is 4.97. The molecule has 0 bridgehead atoms. The largest absolute Gasteiger partial charge is 0.352 e. The molecule has 27 heavy (non-hydrogen) atoms. The van der Waals surface area contributed by atoms with E-state index in [1.165, 1.54) is 27.1 Å². The number of thioether (sulfide) groups is 1. The zero-order chi connectivity index (χ0) is 19.2. The van der Waals surface area contributed by atoms with Crippen LogP contribution in [-0.2, 0) is 11.3 Å². The molecule has 2 aromatic carbocycles. The molecule has 1 fully saturated rings. The van der Waals surface area contributed by atoms with Gasteiger partial charge in [-0.15, -0.1) is 11.8 Å². The van der Waals surface area contributed by atoms with E-state index < -0.39 is 0 Å². The Morgan fingerprint density at radius 1 is 1.07 bits per heavy atom. The van der Waals surface area contributed by atoms with E-state index in [0.717, 1.165) is 32.5 Å². The van der Waals surface area contributed by atoms with Gasteiger partial charge in [-0.3, -0.25) is 4.79 Å². The van der Waals surface area contributed by atoms with Crippen LogP contribution in [0.3, 0.4) is 0 Å². The van der Waals surface area contributed by atoms with Gasteiger partial charge >= 0.3 is 0 Å². The van der Waals surface area contributed by atoms with Gasteiger partial charge in [-0.25, -0.2) is 0 Å². The minimum atomic E-state index is 0.163. The Bertz CT molecular complexity index is 744. The molecule has 1 aliphatic heterocycles. The first-order chi connectivity index (χ1) is 13.0. The summed E-state index contributed by atoms with van der Waals surface area (Å²) in [7, 11) is 0. The van der Waals surface area contributed by atoms with Gasteiger partial charge in [-0.2, -0.15) is 0 Å². The van der Waals surface area contributed by atoms with Crippen molar-refractivity contribution in [3.63, 3.8) is 0 Å². The Balaban J connectivity index is 1.42. The summed E-state index contributed by atoms with van der Waals surface area (Å²) in [4.78, 5) is 15.3. The number of hydrogen-bond donors (Lipinski definition) is 2. The van der Waals surface area contributed by atoms with Gasteiger partial charge in [-0.1, -0.05) is 48.0 Å². The number of rotatable bonds is 6. The molecular weight excluding hydrogens is 352 g/mol. The van der Waals surface area contributed by atoms with Gasteiger partial charge in [0.25, 0.3) is 0 Å². The molecule has 2 aromatic rings. The Morgan fingerprint density at radius 3 is 2.33 bits per heavy atom. The molecule has 1 saturated heterocycles. The lowest BCUT2D eigenvalue weighted by Crippen LogP contribution is -3.12. The second-order valence-corrected chi connectivity index (χ2v) is 8.76. The molecule has 3 rings (SSSR count). The number of likely N-dealkylation sites (tertiary alicyclic amines) is 1. The van der Waals surface area contributed by atoms with Gasteiger partial charge in [0, 0.05) is 29.3 Å². The van der Waals surface area contributed by atoms with Gasteiger partial charge < -0.3 is 10.2 Å². The summed E-state index contributed by atoms with van der Waals surface area (Å²) in [5.41, 5.74) is 5.21. The maximum Gasteiger partial charge on any atom is 0.230 e. The van der Waals surface area contributed by atoms with Gasteiger partial charge in [0.05, 0.1) is 18.8 Å². The van der Waals surface area contributed by atoms with E-state index in [9.17, 15) is 4.79 Å². The van der Waals surface area contributed by atoms with Gasteiger partial charge in [0.2, 0.25) is 5.91 Å². The topological polar surface area (TPSA) is 33.5 Å². The lowest BCUT2D eigenvalue weighted by Gasteiger charge is -2.29. The van der Waals surface area contributed by atoms with Crippen molar-refractivity contribution < 1.29 is 9.69 Å². The van der Waals surface area contributed by atoms with Crippen molar-refractivity contribution in [2.24, 2.45) is 0 Å². The third-order valence-electron chi connectivity index (χ3n) is 5.31. The molecule has 4 heteroatoms. The Morgan fingerprint density at radius 2 is 1.70 bits per heavy atom. The lowest BCUT2D eigenvalue weighted by molar-refractivity contribution is -0.918. The average Bonchev–Trinajstić information content (AvgIpc) is 2.63. The van der Waals surface area contributed by atoms with Crippen LogP contribution in [0.2, 0.25) is 0 Å². The summed E-state index contributed by atoms with van der Waals surface area (Å²) < 4.78 is 0. The first kappa shape index (κ1) is 20.0. The average molecular weight is 384 g/mol. The van der Waals surface area contributed by atoms with E-state index in [2.05, 4.69) is 68.6 Å². The second kappa shape index (κ2) is 9.43. The van der Waals surface area contributed by atoms with Crippen LogP contribution in [0.1, 0.15) is 35.1 Å². The van der Waals surface area contributed by atoms with E-state index in [1.807, 2.05) is 0 Å². The molecule has 0 aliphatic carbocycles. The summed E-state index contributed by atoms with van der Waals surface area (Å²) in [6.45, 7) is 9.72. The molecule has 1 heterocycles. The number of benzene rings is 2. The van der Waals surface area contributed by atoms with Crippen molar-refractivity contribution in [2.45, 2.75) is 51.1 Å². The second-order valence-electron chi connectivity index (χ2n) is 7.77. The molecule has 0 aromatic heterocycles. The fraction of sp³-hybridized carbons (Fsp3) is 0.435. The number of nitrogens with one attached hydrogen (secondary N) is 2. The van der Waals surface area contributed by atoms with Crippen LogP contribution in [0.15, 0.2) is 47.4 Å². The first-order valence-electron chi connectivity index (χ1n) is 9.89. The predicted octanol–water partition coefficient (Wildman–Crippen LogP) is 3.07. The zero-order valence-electron chi connectivity index (χ0n) is 16.7. The van der Waals surface area contributed by atoms with E-state index in [4.69, 9.17) is 0 Å². The number of quaternary nitrogens is 1. The van der Waals surface area contributed by atoms with E-state index >= 15 is 0 Å². The normalized spacial score (nSPS) is 19.7. The zero-order valence-corrected chi connectivity index (χ0v) is 17.5. The maximum absolute atomic E-state index is 12.4. The molecule has 0 spiro atoms. The van der Waals surface area contributed by atoms with Crippen LogP contribution in [-0.4, -0.2) is 30.8 Å². The summed E-state index contributed by atoms with van der Waals surface area (Å²) in [6.07, 6.45) is 2.14. The number of piperidine rings is 1. The van der Waals surface area contributed by atoms with Crippen LogP contribution in [0.5, 0.6) is 0 Å². The molecular formula is C23H31N2OS+. The Labute approximate surface area is 167 Å². The summed E-state index contributed by atoms with van der Waals surface area (Å²) in [5, 5.41) is 3.25. The molecule has 0 saturated carbocycles. The van der Waals surface area contributed by atoms with Crippen LogP contribution >= 0.6 is 11.8 Å². The van der Waals surface area contributed by atoms with Crippen LogP contribution in [0.4, 0.5) is 0 Å². The third kappa shape index (κ3) is 5.85. The van der Waals surface area contributed by atoms with Gasteiger partial charge in [0.15, 0.2) is 0 Å². The van der Waals surface area contributed by atoms with E-state index in [-0.39, 0.29) is 5.91 Å². The van der Waals surface area contributed by atoms with Crippen LogP contribution in [0.25, 0.3) is 0 Å². The molecule has 144 valence electrons. The van der Waals surface area contributed by atoms with Crippen molar-refractivity contribution in [2.75, 3.05) is 18.8 Å². The molecule has 2 N–H and O–H groups in total. The summed E-state index contributed by atoms with van der Waals surface area (Å²) in [6, 6.07) is 15.4. The summed E-state index contributed by atoms with van der Waals surface area (Å²) >= 11 is 1.66. The molecule has 0 radical (unpaired) electrons. The number of carbonyl (C=O) groups excluding carboxylic acids is 1. The van der Waals surface area contributed by atoms with Crippen molar-refractivity contribution in [3.05, 3.63) is 64.7 Å². The molecule has 0 atom stereocenters. The number of carbonyl (C=O) groups is 1. The maximum atomic E-state index is 12.4. The quantitative estimate of drug-likeness (QED) is 0.752. The number of aryl methyl sites for hydroxylation is 3. The highest BCUT2D eigenvalue weighted by atomic mass is 32.2. The standard InChI is InChI=1S/C23H30N2OS/c1-17-13-18(2)23(19(3)14-17)27-16-22(26)24-21-9-11-25(12-10-21)15-20-7-5-4-6-8-20/h4-8,13-14,21H,9-12,15-16H2,1-3H3,(H,24,26)/p+1. The monoisotopic (exact) mass is 383 g/mol. The predicted molar refractivity (Wildman–Crippen MR) is 113 cm³/mol. The SMILES string of the molecule is Cc1cc(C)c(SCC(=O)NC2CC[NH+](Cc3ccccc3)CC2)c(C)c1. The van der Waals surface area contributed by atoms with Crippen molar-refractivity contribution in [1.29, 1.82) is 0 Å². The fourth-order valence-electron chi connectivity index (χ4n) is 4.03.